The van der Waals surface area contributed by atoms with E-state index in [9.17, 15) is 4.39 Å². The van der Waals surface area contributed by atoms with Crippen LogP contribution in [0.4, 0.5) is 15.9 Å². The summed E-state index contributed by atoms with van der Waals surface area (Å²) in [5, 5.41) is 4.00. The van der Waals surface area contributed by atoms with Crippen LogP contribution in [0.3, 0.4) is 0 Å². The van der Waals surface area contributed by atoms with Crippen LogP contribution in [0.1, 0.15) is 25.7 Å². The smallest absolute Gasteiger partial charge is 0.162 e. The molecular formula is C23H26ClFN4O2. The van der Waals surface area contributed by atoms with Gasteiger partial charge in [0.1, 0.15) is 18.0 Å². The number of methoxy groups -OCH3 is 1. The molecule has 2 heterocycles. The van der Waals surface area contributed by atoms with E-state index in [2.05, 4.69) is 20.2 Å². The number of anilines is 2. The highest BCUT2D eigenvalue weighted by atomic mass is 35.5. The Morgan fingerprint density at radius 2 is 1.94 bits per heavy atom. The van der Waals surface area contributed by atoms with Crippen molar-refractivity contribution in [3.63, 3.8) is 0 Å². The molecule has 0 bridgehead atoms. The second-order valence-electron chi connectivity index (χ2n) is 7.60. The first-order valence-corrected chi connectivity index (χ1v) is 10.9. The molecule has 8 heteroatoms. The van der Waals surface area contributed by atoms with E-state index in [0.29, 0.717) is 35.1 Å². The standard InChI is InChI=1S/C23H26ClFN4O2/c1-30-21-14-20-17(13-22(21)31-11-5-10-29-8-3-2-4-9-29)23(27-15-26-20)28-16-6-7-19(25)18(24)12-16/h6-7,12-15H,2-5,8-11H2,1H3,(H,26,27,28). The predicted molar refractivity (Wildman–Crippen MR) is 121 cm³/mol. The van der Waals surface area contributed by atoms with Crippen LogP contribution in [0.15, 0.2) is 36.7 Å². The monoisotopic (exact) mass is 444 g/mol. The summed E-state index contributed by atoms with van der Waals surface area (Å²) in [6.45, 7) is 4.00. The molecule has 1 saturated heterocycles. The number of fused-ring (bicyclic) bond motifs is 1. The lowest BCUT2D eigenvalue weighted by atomic mass is 10.1. The largest absolute Gasteiger partial charge is 0.493 e. The zero-order valence-electron chi connectivity index (χ0n) is 17.5. The first-order valence-electron chi connectivity index (χ1n) is 10.5. The zero-order chi connectivity index (χ0) is 21.6. The first-order chi connectivity index (χ1) is 15.1. The van der Waals surface area contributed by atoms with Crippen LogP contribution in [-0.2, 0) is 0 Å². The fraction of sp³-hybridized carbons (Fsp3) is 0.391. The fourth-order valence-corrected chi connectivity index (χ4v) is 3.98. The number of likely N-dealkylation sites (tertiary alicyclic amines) is 1. The van der Waals surface area contributed by atoms with Gasteiger partial charge in [-0.15, -0.1) is 0 Å². The average Bonchev–Trinajstić information content (AvgIpc) is 2.79. The topological polar surface area (TPSA) is 59.5 Å². The zero-order valence-corrected chi connectivity index (χ0v) is 18.3. The van der Waals surface area contributed by atoms with E-state index in [4.69, 9.17) is 21.1 Å². The molecule has 2 aromatic carbocycles. The molecule has 164 valence electrons. The quantitative estimate of drug-likeness (QED) is 0.467. The molecule has 1 fully saturated rings. The van der Waals surface area contributed by atoms with E-state index in [0.717, 1.165) is 18.4 Å². The minimum Gasteiger partial charge on any atom is -0.493 e. The summed E-state index contributed by atoms with van der Waals surface area (Å²) in [5.41, 5.74) is 1.34. The van der Waals surface area contributed by atoms with Crippen molar-refractivity contribution in [1.82, 2.24) is 14.9 Å². The molecule has 31 heavy (non-hydrogen) atoms. The summed E-state index contributed by atoms with van der Waals surface area (Å²) >= 11 is 5.90. The molecule has 0 spiro atoms. The van der Waals surface area contributed by atoms with E-state index in [1.165, 1.54) is 50.8 Å². The Morgan fingerprint density at radius 3 is 2.71 bits per heavy atom. The molecule has 0 aliphatic carbocycles. The van der Waals surface area contributed by atoms with Crippen LogP contribution in [0, 0.1) is 5.82 Å². The van der Waals surface area contributed by atoms with Crippen molar-refractivity contribution in [2.75, 3.05) is 38.7 Å². The number of ether oxygens (including phenoxy) is 2. The Balaban J connectivity index is 1.51. The van der Waals surface area contributed by atoms with Crippen molar-refractivity contribution in [2.24, 2.45) is 0 Å². The van der Waals surface area contributed by atoms with Crippen LogP contribution < -0.4 is 14.8 Å². The number of hydrogen-bond acceptors (Lipinski definition) is 6. The molecule has 1 aliphatic rings. The van der Waals surface area contributed by atoms with E-state index >= 15 is 0 Å². The third-order valence-electron chi connectivity index (χ3n) is 5.43. The van der Waals surface area contributed by atoms with Gasteiger partial charge < -0.3 is 19.7 Å². The van der Waals surface area contributed by atoms with Gasteiger partial charge in [0.05, 0.1) is 24.3 Å². The number of benzene rings is 2. The molecule has 1 aromatic heterocycles. The van der Waals surface area contributed by atoms with Gasteiger partial charge in [0.15, 0.2) is 11.5 Å². The number of aromatic nitrogens is 2. The van der Waals surface area contributed by atoms with E-state index < -0.39 is 5.82 Å². The summed E-state index contributed by atoms with van der Waals surface area (Å²) in [6, 6.07) is 8.15. The minimum absolute atomic E-state index is 0.0442. The lowest BCUT2D eigenvalue weighted by Crippen LogP contribution is -2.31. The Kier molecular flexibility index (Phi) is 7.04. The van der Waals surface area contributed by atoms with E-state index in [1.807, 2.05) is 12.1 Å². The van der Waals surface area contributed by atoms with Gasteiger partial charge in [-0.2, -0.15) is 0 Å². The van der Waals surface area contributed by atoms with Crippen molar-refractivity contribution >= 4 is 34.0 Å². The summed E-state index contributed by atoms with van der Waals surface area (Å²) in [7, 11) is 1.61. The first kappa shape index (κ1) is 21.6. The van der Waals surface area contributed by atoms with Gasteiger partial charge in [-0.05, 0) is 56.6 Å². The molecule has 0 saturated carbocycles. The van der Waals surface area contributed by atoms with Crippen LogP contribution in [0.2, 0.25) is 5.02 Å². The lowest BCUT2D eigenvalue weighted by molar-refractivity contribution is 0.203. The number of halogens is 2. The van der Waals surface area contributed by atoms with Gasteiger partial charge in [0.25, 0.3) is 0 Å². The number of piperidine rings is 1. The second-order valence-corrected chi connectivity index (χ2v) is 8.01. The molecule has 1 N–H and O–H groups in total. The number of nitrogens with zero attached hydrogens (tertiary/aromatic N) is 3. The SMILES string of the molecule is COc1cc2ncnc(Nc3ccc(F)c(Cl)c3)c2cc1OCCCN1CCCCC1. The molecule has 3 aromatic rings. The number of rotatable bonds is 8. The molecule has 0 unspecified atom stereocenters. The minimum atomic E-state index is -0.468. The molecule has 4 rings (SSSR count). The number of hydrogen-bond donors (Lipinski definition) is 1. The fourth-order valence-electron chi connectivity index (χ4n) is 3.80. The predicted octanol–water partition coefficient (Wildman–Crippen LogP) is 5.43. The average molecular weight is 445 g/mol. The van der Waals surface area contributed by atoms with Crippen molar-refractivity contribution in [3.8, 4) is 11.5 Å². The van der Waals surface area contributed by atoms with E-state index in [-0.39, 0.29) is 5.02 Å². The summed E-state index contributed by atoms with van der Waals surface area (Å²) in [4.78, 5) is 11.2. The third-order valence-corrected chi connectivity index (χ3v) is 5.72. The summed E-state index contributed by atoms with van der Waals surface area (Å²) in [5.74, 6) is 1.38. The molecule has 0 radical (unpaired) electrons. The third kappa shape index (κ3) is 5.35. The van der Waals surface area contributed by atoms with Gasteiger partial charge in [0, 0.05) is 23.7 Å². The Hall–Kier alpha value is -2.64. The van der Waals surface area contributed by atoms with Crippen LogP contribution >= 0.6 is 11.6 Å². The molecule has 0 atom stereocenters. The maximum atomic E-state index is 13.5. The highest BCUT2D eigenvalue weighted by Gasteiger charge is 2.13. The number of nitrogens with one attached hydrogen (secondary N) is 1. The van der Waals surface area contributed by atoms with Crippen molar-refractivity contribution in [3.05, 3.63) is 47.5 Å². The molecule has 6 nitrogen and oxygen atoms in total. The van der Waals surface area contributed by atoms with Crippen molar-refractivity contribution < 1.29 is 13.9 Å². The maximum Gasteiger partial charge on any atom is 0.162 e. The van der Waals surface area contributed by atoms with Crippen LogP contribution in [0.25, 0.3) is 10.9 Å². The normalized spacial score (nSPS) is 14.5. The van der Waals surface area contributed by atoms with Crippen molar-refractivity contribution in [1.29, 1.82) is 0 Å². The van der Waals surface area contributed by atoms with Crippen LogP contribution in [-0.4, -0.2) is 48.2 Å². The van der Waals surface area contributed by atoms with Gasteiger partial charge in [0.2, 0.25) is 0 Å². The van der Waals surface area contributed by atoms with Gasteiger partial charge >= 0.3 is 0 Å². The van der Waals surface area contributed by atoms with Crippen LogP contribution in [0.5, 0.6) is 11.5 Å². The Labute approximate surface area is 186 Å². The molecule has 0 amide bonds. The lowest BCUT2D eigenvalue weighted by Gasteiger charge is -2.26. The van der Waals surface area contributed by atoms with E-state index in [1.54, 1.807) is 13.2 Å². The Bertz CT molecular complexity index is 1040. The summed E-state index contributed by atoms with van der Waals surface area (Å²) < 4.78 is 25.0. The van der Waals surface area contributed by atoms with Gasteiger partial charge in [-0.3, -0.25) is 0 Å². The highest BCUT2D eigenvalue weighted by Crippen LogP contribution is 2.35. The summed E-state index contributed by atoms with van der Waals surface area (Å²) in [6.07, 6.45) is 6.33. The maximum absolute atomic E-state index is 13.5. The highest BCUT2D eigenvalue weighted by molar-refractivity contribution is 6.31. The molecular weight excluding hydrogens is 419 g/mol. The van der Waals surface area contributed by atoms with Gasteiger partial charge in [-0.25, -0.2) is 14.4 Å². The van der Waals surface area contributed by atoms with Crippen molar-refractivity contribution in [2.45, 2.75) is 25.7 Å². The molecule has 1 aliphatic heterocycles. The van der Waals surface area contributed by atoms with Gasteiger partial charge in [-0.1, -0.05) is 18.0 Å². The Morgan fingerprint density at radius 1 is 1.10 bits per heavy atom. The second kappa shape index (κ2) is 10.1.